The Bertz CT molecular complexity index is 407. The van der Waals surface area contributed by atoms with E-state index in [1.54, 1.807) is 0 Å². The Hall–Kier alpha value is -0.900. The Kier molecular flexibility index (Phi) is 5.19. The fraction of sp³-hybridized carbons (Fsp3) is 0.647. The van der Waals surface area contributed by atoms with Crippen molar-refractivity contribution in [3.05, 3.63) is 35.9 Å². The first kappa shape index (κ1) is 15.5. The quantitative estimate of drug-likeness (QED) is 0.894. The standard InChI is InChI=1S/C17H28N2O/c1-5-15(17(20)14-9-7-6-8-10-14)19-11-13(2)16(12-19)18(3)4/h6-10,13,15-17,20H,5,11-12H2,1-4H3. The van der Waals surface area contributed by atoms with E-state index in [1.165, 1.54) is 0 Å². The van der Waals surface area contributed by atoms with Crippen LogP contribution in [0.15, 0.2) is 30.3 Å². The fourth-order valence-corrected chi connectivity index (χ4v) is 3.48. The second-order valence-electron chi connectivity index (χ2n) is 6.29. The Balaban J connectivity index is 2.09. The molecule has 3 nitrogen and oxygen atoms in total. The maximum atomic E-state index is 10.7. The third-order valence-corrected chi connectivity index (χ3v) is 4.66. The summed E-state index contributed by atoms with van der Waals surface area (Å²) >= 11 is 0. The van der Waals surface area contributed by atoms with Gasteiger partial charge in [0.25, 0.3) is 0 Å². The summed E-state index contributed by atoms with van der Waals surface area (Å²) in [6, 6.07) is 10.8. The van der Waals surface area contributed by atoms with Crippen LogP contribution in [-0.4, -0.2) is 54.2 Å². The van der Waals surface area contributed by atoms with E-state index in [0.29, 0.717) is 12.0 Å². The predicted molar refractivity (Wildman–Crippen MR) is 83.7 cm³/mol. The van der Waals surface area contributed by atoms with Crippen molar-refractivity contribution in [2.75, 3.05) is 27.2 Å². The summed E-state index contributed by atoms with van der Waals surface area (Å²) in [5.74, 6) is 0.655. The van der Waals surface area contributed by atoms with Crippen LogP contribution < -0.4 is 0 Å². The summed E-state index contributed by atoms with van der Waals surface area (Å²) < 4.78 is 0. The molecule has 2 rings (SSSR count). The van der Waals surface area contributed by atoms with Gasteiger partial charge in [0.15, 0.2) is 0 Å². The lowest BCUT2D eigenvalue weighted by atomic mass is 9.99. The molecule has 4 atom stereocenters. The zero-order valence-electron chi connectivity index (χ0n) is 13.2. The molecule has 3 heteroatoms. The number of aliphatic hydroxyl groups is 1. The van der Waals surface area contributed by atoms with Crippen molar-refractivity contribution >= 4 is 0 Å². The van der Waals surface area contributed by atoms with Gasteiger partial charge in [-0.1, -0.05) is 44.2 Å². The number of hydrogen-bond donors (Lipinski definition) is 1. The molecule has 0 bridgehead atoms. The first-order chi connectivity index (χ1) is 9.54. The Morgan fingerprint density at radius 3 is 2.40 bits per heavy atom. The van der Waals surface area contributed by atoms with Crippen molar-refractivity contribution in [1.29, 1.82) is 0 Å². The van der Waals surface area contributed by atoms with Crippen molar-refractivity contribution in [1.82, 2.24) is 9.80 Å². The number of benzene rings is 1. The lowest BCUT2D eigenvalue weighted by Gasteiger charge is -2.32. The Labute approximate surface area is 123 Å². The van der Waals surface area contributed by atoms with Gasteiger partial charge in [0, 0.05) is 25.2 Å². The van der Waals surface area contributed by atoms with Crippen LogP contribution in [0, 0.1) is 5.92 Å². The second-order valence-corrected chi connectivity index (χ2v) is 6.29. The molecule has 0 saturated carbocycles. The maximum Gasteiger partial charge on any atom is 0.0945 e. The van der Waals surface area contributed by atoms with Gasteiger partial charge in [-0.25, -0.2) is 0 Å². The zero-order chi connectivity index (χ0) is 14.7. The molecule has 1 aromatic rings. The average Bonchev–Trinajstić information content (AvgIpc) is 2.82. The lowest BCUT2D eigenvalue weighted by Crippen LogP contribution is -2.40. The molecule has 0 aliphatic carbocycles. The Morgan fingerprint density at radius 2 is 1.90 bits per heavy atom. The topological polar surface area (TPSA) is 26.7 Å². The molecule has 4 unspecified atom stereocenters. The van der Waals surface area contributed by atoms with Crippen LogP contribution in [0.4, 0.5) is 0 Å². The molecule has 0 radical (unpaired) electrons. The minimum Gasteiger partial charge on any atom is -0.387 e. The summed E-state index contributed by atoms with van der Waals surface area (Å²) in [6.07, 6.45) is 0.581. The predicted octanol–water partition coefficient (Wildman–Crippen LogP) is 2.38. The van der Waals surface area contributed by atoms with E-state index >= 15 is 0 Å². The van der Waals surface area contributed by atoms with Gasteiger partial charge in [0.2, 0.25) is 0 Å². The molecule has 0 aromatic heterocycles. The van der Waals surface area contributed by atoms with Crippen molar-refractivity contribution in [2.24, 2.45) is 5.92 Å². The molecular weight excluding hydrogens is 248 g/mol. The lowest BCUT2D eigenvalue weighted by molar-refractivity contribution is 0.0549. The number of likely N-dealkylation sites (tertiary alicyclic amines) is 1. The smallest absolute Gasteiger partial charge is 0.0945 e. The van der Waals surface area contributed by atoms with Crippen molar-refractivity contribution < 1.29 is 5.11 Å². The van der Waals surface area contributed by atoms with Crippen LogP contribution >= 0.6 is 0 Å². The summed E-state index contributed by atoms with van der Waals surface area (Å²) in [5.41, 5.74) is 1.03. The van der Waals surface area contributed by atoms with E-state index in [4.69, 9.17) is 0 Å². The molecule has 0 amide bonds. The highest BCUT2D eigenvalue weighted by Crippen LogP contribution is 2.29. The highest BCUT2D eigenvalue weighted by molar-refractivity contribution is 5.19. The molecule has 1 saturated heterocycles. The second kappa shape index (κ2) is 6.70. The van der Waals surface area contributed by atoms with Gasteiger partial charge in [-0.3, -0.25) is 4.90 Å². The van der Waals surface area contributed by atoms with Crippen molar-refractivity contribution in [3.63, 3.8) is 0 Å². The third kappa shape index (κ3) is 3.22. The molecule has 0 spiro atoms. The molecule has 1 aromatic carbocycles. The average molecular weight is 276 g/mol. The molecule has 1 heterocycles. The van der Waals surface area contributed by atoms with Crippen LogP contribution in [0.25, 0.3) is 0 Å². The molecule has 1 fully saturated rings. The van der Waals surface area contributed by atoms with Gasteiger partial charge in [-0.05, 0) is 32.0 Å². The first-order valence-electron chi connectivity index (χ1n) is 7.68. The minimum absolute atomic E-state index is 0.213. The summed E-state index contributed by atoms with van der Waals surface area (Å²) in [5, 5.41) is 10.7. The van der Waals surface area contributed by atoms with E-state index in [9.17, 15) is 5.11 Å². The van der Waals surface area contributed by atoms with Gasteiger partial charge in [-0.15, -0.1) is 0 Å². The van der Waals surface area contributed by atoms with E-state index in [1.807, 2.05) is 30.3 Å². The molecule has 1 N–H and O–H groups in total. The molecule has 20 heavy (non-hydrogen) atoms. The van der Waals surface area contributed by atoms with Gasteiger partial charge in [0.05, 0.1) is 6.10 Å². The largest absolute Gasteiger partial charge is 0.387 e. The van der Waals surface area contributed by atoms with E-state index in [-0.39, 0.29) is 6.04 Å². The van der Waals surface area contributed by atoms with E-state index in [2.05, 4.69) is 37.7 Å². The summed E-state index contributed by atoms with van der Waals surface area (Å²) in [6.45, 7) is 6.61. The van der Waals surface area contributed by atoms with Crippen molar-refractivity contribution in [2.45, 2.75) is 38.5 Å². The number of aliphatic hydroxyl groups excluding tert-OH is 1. The molecule has 112 valence electrons. The van der Waals surface area contributed by atoms with Crippen LogP contribution in [0.2, 0.25) is 0 Å². The van der Waals surface area contributed by atoms with Crippen LogP contribution in [0.3, 0.4) is 0 Å². The van der Waals surface area contributed by atoms with Crippen LogP contribution in [-0.2, 0) is 0 Å². The Morgan fingerprint density at radius 1 is 1.25 bits per heavy atom. The molecule has 1 aliphatic heterocycles. The first-order valence-corrected chi connectivity index (χ1v) is 7.68. The number of rotatable bonds is 5. The number of nitrogens with zero attached hydrogens (tertiary/aromatic N) is 2. The normalized spacial score (nSPS) is 26.9. The van der Waals surface area contributed by atoms with Gasteiger partial charge < -0.3 is 10.0 Å². The zero-order valence-corrected chi connectivity index (χ0v) is 13.2. The monoisotopic (exact) mass is 276 g/mol. The van der Waals surface area contributed by atoms with Gasteiger partial charge >= 0.3 is 0 Å². The molecule has 1 aliphatic rings. The number of likely N-dealkylation sites (N-methyl/N-ethyl adjacent to an activating group) is 1. The van der Waals surface area contributed by atoms with Crippen LogP contribution in [0.1, 0.15) is 31.9 Å². The minimum atomic E-state index is -0.394. The summed E-state index contributed by atoms with van der Waals surface area (Å²) in [7, 11) is 4.30. The van der Waals surface area contributed by atoms with Gasteiger partial charge in [0.1, 0.15) is 0 Å². The van der Waals surface area contributed by atoms with Gasteiger partial charge in [-0.2, -0.15) is 0 Å². The maximum absolute atomic E-state index is 10.7. The third-order valence-electron chi connectivity index (χ3n) is 4.66. The van der Waals surface area contributed by atoms with E-state index in [0.717, 1.165) is 25.1 Å². The van der Waals surface area contributed by atoms with Crippen LogP contribution in [0.5, 0.6) is 0 Å². The highest BCUT2D eigenvalue weighted by Gasteiger charge is 2.36. The van der Waals surface area contributed by atoms with E-state index < -0.39 is 6.10 Å². The SMILES string of the molecule is CCC(C(O)c1ccccc1)N1CC(C)C(N(C)C)C1. The number of hydrogen-bond acceptors (Lipinski definition) is 3. The molecular formula is C17H28N2O. The fourth-order valence-electron chi connectivity index (χ4n) is 3.48. The summed E-state index contributed by atoms with van der Waals surface area (Å²) in [4.78, 5) is 4.78. The van der Waals surface area contributed by atoms with Crippen molar-refractivity contribution in [3.8, 4) is 0 Å². The highest BCUT2D eigenvalue weighted by atomic mass is 16.3.